The van der Waals surface area contributed by atoms with E-state index in [1.165, 1.54) is 88.9 Å². The highest BCUT2D eigenvalue weighted by Crippen LogP contribution is 2.63. The Morgan fingerprint density at radius 2 is 0.787 bits per heavy atom. The average Bonchev–Trinajstić information content (AvgIpc) is 3.80. The number of rotatable bonds is 5. The molecule has 13 rings (SSSR count). The summed E-state index contributed by atoms with van der Waals surface area (Å²) in [5.74, 6) is 0. The molecule has 0 bridgehead atoms. The van der Waals surface area contributed by atoms with Crippen LogP contribution in [-0.4, -0.2) is 0 Å². The standard InChI is InChI=1S/C59H38N2/c1-2-14-39(15-3-1)40-28-30-42(31-29-40)60(43-32-34-44(35-33-43)61-56-26-11-7-21-50(56)51-22-12-16-41-17-13-27-57(61)58(41)51)45-36-37-49-48-20-6-10-25-54(48)59(55(49)38-45)52-23-8-4-18-46(52)47-19-5-9-24-53(47)59/h1-38H. The molecular formula is C59H38N2. The third-order valence-corrected chi connectivity index (χ3v) is 13.4. The van der Waals surface area contributed by atoms with Crippen molar-refractivity contribution in [2.45, 2.75) is 5.41 Å². The summed E-state index contributed by atoms with van der Waals surface area (Å²) in [6.07, 6.45) is 0. The topological polar surface area (TPSA) is 6.48 Å². The van der Waals surface area contributed by atoms with Gasteiger partial charge in [0.05, 0.1) is 16.8 Å². The zero-order valence-electron chi connectivity index (χ0n) is 33.3. The summed E-state index contributed by atoms with van der Waals surface area (Å²) in [4.78, 5) is 4.86. The molecule has 2 aliphatic carbocycles. The Kier molecular flexibility index (Phi) is 7.26. The molecule has 0 saturated heterocycles. The number of fused-ring (bicyclic) bond motifs is 12. The van der Waals surface area contributed by atoms with Crippen molar-refractivity contribution in [1.29, 1.82) is 0 Å². The lowest BCUT2D eigenvalue weighted by molar-refractivity contribution is 0.793. The summed E-state index contributed by atoms with van der Waals surface area (Å²) >= 11 is 0. The molecule has 2 nitrogen and oxygen atoms in total. The molecule has 10 aromatic rings. The van der Waals surface area contributed by atoms with Gasteiger partial charge in [-0.05, 0) is 127 Å². The van der Waals surface area contributed by atoms with E-state index in [1.807, 2.05) is 0 Å². The van der Waals surface area contributed by atoms with Crippen LogP contribution in [0.4, 0.5) is 34.1 Å². The first-order valence-corrected chi connectivity index (χ1v) is 21.2. The van der Waals surface area contributed by atoms with Gasteiger partial charge in [-0.15, -0.1) is 0 Å². The fourth-order valence-corrected chi connectivity index (χ4v) is 10.9. The van der Waals surface area contributed by atoms with Crippen LogP contribution in [-0.2, 0) is 5.41 Å². The third-order valence-electron chi connectivity index (χ3n) is 13.4. The number of hydrogen-bond acceptors (Lipinski definition) is 2. The number of hydrogen-bond donors (Lipinski definition) is 0. The second-order valence-electron chi connectivity index (χ2n) is 16.4. The van der Waals surface area contributed by atoms with E-state index >= 15 is 0 Å². The van der Waals surface area contributed by atoms with Crippen LogP contribution < -0.4 is 9.80 Å². The fourth-order valence-electron chi connectivity index (χ4n) is 10.9. The van der Waals surface area contributed by atoms with E-state index in [0.29, 0.717) is 0 Å². The molecule has 0 saturated carbocycles. The minimum absolute atomic E-state index is 0.430. The lowest BCUT2D eigenvalue weighted by Crippen LogP contribution is -2.26. The Bertz CT molecular complexity index is 3290. The van der Waals surface area contributed by atoms with Crippen molar-refractivity contribution in [2.24, 2.45) is 0 Å². The first-order valence-electron chi connectivity index (χ1n) is 21.2. The van der Waals surface area contributed by atoms with Crippen LogP contribution in [0.15, 0.2) is 231 Å². The molecule has 10 aromatic carbocycles. The minimum Gasteiger partial charge on any atom is -0.310 e. The van der Waals surface area contributed by atoms with Crippen LogP contribution in [0.3, 0.4) is 0 Å². The highest BCUT2D eigenvalue weighted by atomic mass is 15.2. The maximum atomic E-state index is 2.48. The summed E-state index contributed by atoms with van der Waals surface area (Å²) in [7, 11) is 0. The predicted molar refractivity (Wildman–Crippen MR) is 254 cm³/mol. The monoisotopic (exact) mass is 774 g/mol. The van der Waals surface area contributed by atoms with E-state index in [0.717, 1.165) is 22.7 Å². The molecule has 0 unspecified atom stereocenters. The quantitative estimate of drug-likeness (QED) is 0.172. The second-order valence-corrected chi connectivity index (χ2v) is 16.4. The van der Waals surface area contributed by atoms with Crippen molar-refractivity contribution in [3.8, 4) is 44.5 Å². The van der Waals surface area contributed by atoms with Gasteiger partial charge in [0.25, 0.3) is 0 Å². The van der Waals surface area contributed by atoms with Gasteiger partial charge in [0.1, 0.15) is 0 Å². The van der Waals surface area contributed by atoms with Gasteiger partial charge in [0.2, 0.25) is 0 Å². The van der Waals surface area contributed by atoms with Crippen molar-refractivity contribution in [2.75, 3.05) is 9.80 Å². The lowest BCUT2D eigenvalue weighted by atomic mass is 9.70. The molecule has 3 aliphatic rings. The Morgan fingerprint density at radius 3 is 1.44 bits per heavy atom. The van der Waals surface area contributed by atoms with Crippen molar-refractivity contribution >= 4 is 44.9 Å². The minimum atomic E-state index is -0.430. The van der Waals surface area contributed by atoms with Gasteiger partial charge in [-0.3, -0.25) is 0 Å². The van der Waals surface area contributed by atoms with Crippen molar-refractivity contribution in [3.05, 3.63) is 253 Å². The number of benzene rings is 10. The Morgan fingerprint density at radius 1 is 0.311 bits per heavy atom. The third kappa shape index (κ3) is 4.79. The molecule has 0 fully saturated rings. The van der Waals surface area contributed by atoms with Gasteiger partial charge in [0.15, 0.2) is 0 Å². The Hall–Kier alpha value is -7.94. The molecule has 1 spiro atoms. The molecule has 0 N–H and O–H groups in total. The van der Waals surface area contributed by atoms with Gasteiger partial charge >= 0.3 is 0 Å². The predicted octanol–water partition coefficient (Wildman–Crippen LogP) is 15.8. The maximum absolute atomic E-state index is 2.48. The highest BCUT2D eigenvalue weighted by Gasteiger charge is 2.51. The largest absolute Gasteiger partial charge is 0.310 e. The van der Waals surface area contributed by atoms with Crippen LogP contribution in [0.5, 0.6) is 0 Å². The van der Waals surface area contributed by atoms with E-state index in [-0.39, 0.29) is 0 Å². The molecule has 0 atom stereocenters. The first kappa shape index (κ1) is 34.0. The fraction of sp³-hybridized carbons (Fsp3) is 0.0169. The Balaban J connectivity index is 1.00. The van der Waals surface area contributed by atoms with Gasteiger partial charge < -0.3 is 9.80 Å². The van der Waals surface area contributed by atoms with Crippen molar-refractivity contribution in [3.63, 3.8) is 0 Å². The zero-order valence-corrected chi connectivity index (χ0v) is 33.3. The van der Waals surface area contributed by atoms with Gasteiger partial charge in [0, 0.05) is 33.7 Å². The van der Waals surface area contributed by atoms with Crippen molar-refractivity contribution in [1.82, 2.24) is 0 Å². The van der Waals surface area contributed by atoms with Crippen molar-refractivity contribution < 1.29 is 0 Å². The SMILES string of the molecule is c1ccc(-c2ccc(N(c3ccc(N4c5ccccc5-c5cccc6cccc4c56)cc3)c3ccc4c(c3)C3(c5ccccc5-c5ccccc53)c3ccccc3-4)cc2)cc1. The van der Waals surface area contributed by atoms with E-state index < -0.39 is 5.41 Å². The Labute approximate surface area is 355 Å². The van der Waals surface area contributed by atoms with Crippen LogP contribution in [0, 0.1) is 0 Å². The highest BCUT2D eigenvalue weighted by molar-refractivity contribution is 6.13. The van der Waals surface area contributed by atoms with Gasteiger partial charge in [-0.2, -0.15) is 0 Å². The normalized spacial score (nSPS) is 13.3. The molecular weight excluding hydrogens is 737 g/mol. The lowest BCUT2D eigenvalue weighted by Gasteiger charge is -2.34. The molecule has 2 heteroatoms. The number of para-hydroxylation sites is 1. The van der Waals surface area contributed by atoms with E-state index in [9.17, 15) is 0 Å². The van der Waals surface area contributed by atoms with E-state index in [2.05, 4.69) is 240 Å². The van der Waals surface area contributed by atoms with E-state index in [1.54, 1.807) is 0 Å². The molecule has 0 amide bonds. The molecule has 61 heavy (non-hydrogen) atoms. The summed E-state index contributed by atoms with van der Waals surface area (Å²) in [5, 5.41) is 2.54. The molecule has 0 aromatic heterocycles. The number of nitrogens with zero attached hydrogens (tertiary/aromatic N) is 2. The van der Waals surface area contributed by atoms with Gasteiger partial charge in [-0.1, -0.05) is 170 Å². The smallest absolute Gasteiger partial charge is 0.0726 e. The molecule has 1 aliphatic heterocycles. The summed E-state index contributed by atoms with van der Waals surface area (Å²) in [5.41, 5.74) is 21.9. The average molecular weight is 775 g/mol. The molecule has 0 radical (unpaired) electrons. The first-order chi connectivity index (χ1) is 30.3. The van der Waals surface area contributed by atoms with Crippen LogP contribution in [0.25, 0.3) is 55.3 Å². The maximum Gasteiger partial charge on any atom is 0.0726 e. The molecule has 284 valence electrons. The summed E-state index contributed by atoms with van der Waals surface area (Å²) in [6.45, 7) is 0. The second kappa shape index (κ2) is 13.0. The molecule has 1 heterocycles. The summed E-state index contributed by atoms with van der Waals surface area (Å²) < 4.78 is 0. The zero-order chi connectivity index (χ0) is 40.1. The number of anilines is 6. The summed E-state index contributed by atoms with van der Waals surface area (Å²) in [6, 6.07) is 85.3. The van der Waals surface area contributed by atoms with Gasteiger partial charge in [-0.25, -0.2) is 0 Å². The van der Waals surface area contributed by atoms with Crippen LogP contribution >= 0.6 is 0 Å². The van der Waals surface area contributed by atoms with Crippen LogP contribution in [0.2, 0.25) is 0 Å². The van der Waals surface area contributed by atoms with Crippen LogP contribution in [0.1, 0.15) is 22.3 Å². The van der Waals surface area contributed by atoms with E-state index in [4.69, 9.17) is 0 Å².